The molecule has 0 saturated carbocycles. The third-order valence-electron chi connectivity index (χ3n) is 1.79. The quantitative estimate of drug-likeness (QED) is 0.698. The maximum absolute atomic E-state index is 12.5. The molecule has 1 aromatic rings. The number of hydrogen-bond acceptors (Lipinski definition) is 1. The van der Waals surface area contributed by atoms with E-state index in [1.807, 2.05) is 7.05 Å². The van der Waals surface area contributed by atoms with Crippen LogP contribution in [0.25, 0.3) is 0 Å². The molecule has 0 spiro atoms. The second-order valence-electron chi connectivity index (χ2n) is 3.08. The highest BCUT2D eigenvalue weighted by atomic mass is 19.1. The monoisotopic (exact) mass is 179 g/mol. The molecule has 1 rings (SSSR count). The summed E-state index contributed by atoms with van der Waals surface area (Å²) < 4.78 is 12.5. The van der Waals surface area contributed by atoms with Crippen LogP contribution in [-0.4, -0.2) is 13.6 Å². The Hall–Kier alpha value is -1.15. The zero-order valence-electron chi connectivity index (χ0n) is 7.81. The largest absolute Gasteiger partial charge is 0.316 e. The Labute approximate surface area is 78.3 Å². The van der Waals surface area contributed by atoms with Gasteiger partial charge in [-0.3, -0.25) is 0 Å². The fraction of sp³-hybridized carbons (Fsp3) is 0.273. The number of halogens is 1. The number of benzene rings is 1. The van der Waals surface area contributed by atoms with Crippen LogP contribution in [0.2, 0.25) is 0 Å². The number of nitrogens with one attached hydrogen (secondary N) is 1. The lowest BCUT2D eigenvalue weighted by atomic mass is 10.1. The van der Waals surface area contributed by atoms with Crippen molar-refractivity contribution in [2.24, 2.45) is 0 Å². The molecule has 0 atom stereocenters. The zero-order valence-corrected chi connectivity index (χ0v) is 7.81. The summed E-state index contributed by atoms with van der Waals surface area (Å²) >= 11 is 0. The van der Waals surface area contributed by atoms with Crippen LogP contribution in [0.5, 0.6) is 0 Å². The lowest BCUT2D eigenvalue weighted by Gasteiger charge is -2.04. The molecule has 0 aliphatic rings. The van der Waals surface area contributed by atoms with Crippen LogP contribution < -0.4 is 5.32 Å². The van der Waals surface area contributed by atoms with E-state index in [0.29, 0.717) is 0 Å². The second kappa shape index (κ2) is 4.77. The predicted molar refractivity (Wildman–Crippen MR) is 53.2 cm³/mol. The summed E-state index contributed by atoms with van der Waals surface area (Å²) in [5.74, 6) is -0.192. The van der Waals surface area contributed by atoms with Gasteiger partial charge in [-0.2, -0.15) is 0 Å². The van der Waals surface area contributed by atoms with E-state index in [2.05, 4.69) is 11.9 Å². The van der Waals surface area contributed by atoms with Crippen LogP contribution in [-0.2, 0) is 6.42 Å². The van der Waals surface area contributed by atoms with Crippen molar-refractivity contribution >= 4 is 0 Å². The molecule has 70 valence electrons. The minimum absolute atomic E-state index is 0.192. The Bertz CT molecular complexity index is 277. The van der Waals surface area contributed by atoms with E-state index in [1.165, 1.54) is 12.1 Å². The normalized spacial score (nSPS) is 10.0. The van der Waals surface area contributed by atoms with E-state index in [-0.39, 0.29) is 5.82 Å². The van der Waals surface area contributed by atoms with Crippen LogP contribution in [0.1, 0.15) is 5.56 Å². The average Bonchev–Trinajstić information content (AvgIpc) is 2.09. The zero-order chi connectivity index (χ0) is 9.68. The Kier molecular flexibility index (Phi) is 3.65. The molecule has 0 fully saturated rings. The van der Waals surface area contributed by atoms with Gasteiger partial charge >= 0.3 is 0 Å². The maximum atomic E-state index is 12.5. The van der Waals surface area contributed by atoms with Crippen LogP contribution >= 0.6 is 0 Å². The minimum Gasteiger partial charge on any atom is -0.316 e. The van der Waals surface area contributed by atoms with Crippen LogP contribution in [0.3, 0.4) is 0 Å². The van der Waals surface area contributed by atoms with E-state index in [1.54, 1.807) is 12.1 Å². The van der Waals surface area contributed by atoms with Gasteiger partial charge in [-0.25, -0.2) is 4.39 Å². The van der Waals surface area contributed by atoms with Gasteiger partial charge in [-0.1, -0.05) is 24.3 Å². The number of hydrogen-bond donors (Lipinski definition) is 1. The van der Waals surface area contributed by atoms with E-state index in [9.17, 15) is 4.39 Å². The van der Waals surface area contributed by atoms with Crippen LogP contribution in [0, 0.1) is 5.82 Å². The Morgan fingerprint density at radius 1 is 1.38 bits per heavy atom. The first-order valence-electron chi connectivity index (χ1n) is 4.28. The summed E-state index contributed by atoms with van der Waals surface area (Å²) in [5, 5.41) is 3.03. The fourth-order valence-corrected chi connectivity index (χ4v) is 1.20. The first-order valence-corrected chi connectivity index (χ1v) is 4.28. The van der Waals surface area contributed by atoms with Crippen molar-refractivity contribution in [1.82, 2.24) is 5.32 Å². The van der Waals surface area contributed by atoms with Crippen molar-refractivity contribution in [1.29, 1.82) is 0 Å². The Morgan fingerprint density at radius 2 is 2.00 bits per heavy atom. The van der Waals surface area contributed by atoms with Gasteiger partial charge < -0.3 is 5.32 Å². The maximum Gasteiger partial charge on any atom is 0.123 e. The number of likely N-dealkylation sites (N-methyl/N-ethyl adjacent to an activating group) is 1. The Morgan fingerprint density at radius 3 is 2.54 bits per heavy atom. The molecule has 1 aromatic carbocycles. The van der Waals surface area contributed by atoms with Crippen LogP contribution in [0.15, 0.2) is 36.4 Å². The molecular weight excluding hydrogens is 165 g/mol. The van der Waals surface area contributed by atoms with Gasteiger partial charge in [0.2, 0.25) is 0 Å². The van der Waals surface area contributed by atoms with Gasteiger partial charge in [-0.15, -0.1) is 0 Å². The van der Waals surface area contributed by atoms with E-state index >= 15 is 0 Å². The lowest BCUT2D eigenvalue weighted by Crippen LogP contribution is -2.11. The highest BCUT2D eigenvalue weighted by molar-refractivity contribution is 5.21. The summed E-state index contributed by atoms with van der Waals surface area (Å²) in [6.07, 6.45) is 0.807. The summed E-state index contributed by atoms with van der Waals surface area (Å²) in [5.41, 5.74) is 2.20. The molecule has 0 aliphatic carbocycles. The first-order chi connectivity index (χ1) is 6.22. The third-order valence-corrected chi connectivity index (χ3v) is 1.79. The van der Waals surface area contributed by atoms with Gasteiger partial charge in [0.15, 0.2) is 0 Å². The highest BCUT2D eigenvalue weighted by Gasteiger charge is 1.96. The van der Waals surface area contributed by atoms with Gasteiger partial charge in [-0.05, 0) is 31.2 Å². The molecule has 0 radical (unpaired) electrons. The van der Waals surface area contributed by atoms with Crippen molar-refractivity contribution < 1.29 is 4.39 Å². The standard InChI is InChI=1S/C11H14FN/c1-9(8-13-2)7-10-3-5-11(12)6-4-10/h3-6,13H,1,7-8H2,2H3. The second-order valence-corrected chi connectivity index (χ2v) is 3.08. The molecule has 0 aromatic heterocycles. The summed E-state index contributed by atoms with van der Waals surface area (Å²) in [4.78, 5) is 0. The predicted octanol–water partition coefficient (Wildman–Crippen LogP) is 2.14. The van der Waals surface area contributed by atoms with Crippen LogP contribution in [0.4, 0.5) is 4.39 Å². The number of rotatable bonds is 4. The van der Waals surface area contributed by atoms with E-state index in [0.717, 1.165) is 24.1 Å². The summed E-state index contributed by atoms with van der Waals surface area (Å²) in [7, 11) is 1.88. The minimum atomic E-state index is -0.192. The fourth-order valence-electron chi connectivity index (χ4n) is 1.20. The molecule has 13 heavy (non-hydrogen) atoms. The summed E-state index contributed by atoms with van der Waals surface area (Å²) in [6.45, 7) is 4.71. The lowest BCUT2D eigenvalue weighted by molar-refractivity contribution is 0.627. The third kappa shape index (κ3) is 3.38. The van der Waals surface area contributed by atoms with Gasteiger partial charge in [0.05, 0.1) is 0 Å². The molecule has 0 saturated heterocycles. The average molecular weight is 179 g/mol. The van der Waals surface area contributed by atoms with Crippen molar-refractivity contribution in [2.45, 2.75) is 6.42 Å². The molecule has 1 nitrogen and oxygen atoms in total. The molecule has 1 N–H and O–H groups in total. The van der Waals surface area contributed by atoms with Crippen molar-refractivity contribution in [3.63, 3.8) is 0 Å². The topological polar surface area (TPSA) is 12.0 Å². The van der Waals surface area contributed by atoms with E-state index < -0.39 is 0 Å². The highest BCUT2D eigenvalue weighted by Crippen LogP contribution is 2.07. The molecule has 0 heterocycles. The summed E-state index contributed by atoms with van der Waals surface area (Å²) in [6, 6.07) is 6.52. The molecule has 0 amide bonds. The van der Waals surface area contributed by atoms with Crippen molar-refractivity contribution in [2.75, 3.05) is 13.6 Å². The van der Waals surface area contributed by atoms with Crippen molar-refractivity contribution in [3.05, 3.63) is 47.8 Å². The van der Waals surface area contributed by atoms with Crippen molar-refractivity contribution in [3.8, 4) is 0 Å². The smallest absolute Gasteiger partial charge is 0.123 e. The van der Waals surface area contributed by atoms with Gasteiger partial charge in [0, 0.05) is 6.54 Å². The molecule has 0 unspecified atom stereocenters. The molecule has 0 aliphatic heterocycles. The molecule has 0 bridgehead atoms. The Balaban J connectivity index is 2.54. The molecule has 2 heteroatoms. The first kappa shape index (κ1) is 9.93. The SMILES string of the molecule is C=C(CNC)Cc1ccc(F)cc1. The van der Waals surface area contributed by atoms with Gasteiger partial charge in [0.25, 0.3) is 0 Å². The molecular formula is C11H14FN. The van der Waals surface area contributed by atoms with Gasteiger partial charge in [0.1, 0.15) is 5.82 Å². The van der Waals surface area contributed by atoms with E-state index in [4.69, 9.17) is 0 Å².